The summed E-state index contributed by atoms with van der Waals surface area (Å²) in [6.45, 7) is 0. The second kappa shape index (κ2) is 5.36. The van der Waals surface area contributed by atoms with Gasteiger partial charge in [0.1, 0.15) is 16.6 Å². The molecule has 0 aliphatic rings. The van der Waals surface area contributed by atoms with Crippen LogP contribution in [0.1, 0.15) is 12.1 Å². The number of hydrogen-bond donors (Lipinski definition) is 1. The molecule has 0 aliphatic carbocycles. The van der Waals surface area contributed by atoms with Crippen molar-refractivity contribution in [2.24, 2.45) is 0 Å². The van der Waals surface area contributed by atoms with Gasteiger partial charge in [-0.05, 0) is 18.2 Å². The molecule has 0 amide bonds. The lowest BCUT2D eigenvalue weighted by Crippen LogP contribution is -1.96. The van der Waals surface area contributed by atoms with E-state index < -0.39 is 0 Å². The van der Waals surface area contributed by atoms with Crippen molar-refractivity contribution in [3.63, 3.8) is 0 Å². The molecule has 4 nitrogen and oxygen atoms in total. The number of aromatic hydroxyl groups is 1. The molecule has 0 atom stereocenters. The Labute approximate surface area is 92.2 Å². The molecule has 1 aromatic rings. The van der Waals surface area contributed by atoms with Crippen molar-refractivity contribution in [3.8, 4) is 5.75 Å². The molecule has 1 aromatic heterocycles. The van der Waals surface area contributed by atoms with Crippen LogP contribution >= 0.6 is 11.6 Å². The fourth-order valence-corrected chi connectivity index (χ4v) is 1.07. The second-order valence-corrected chi connectivity index (χ2v) is 3.11. The minimum absolute atomic E-state index is 0.0144. The summed E-state index contributed by atoms with van der Waals surface area (Å²) in [7, 11) is 1.31. The van der Waals surface area contributed by atoms with Crippen LogP contribution in [0.2, 0.25) is 5.15 Å². The molecule has 1 rings (SSSR count). The Kier molecular flexibility index (Phi) is 4.12. The fraction of sp³-hybridized carbons (Fsp3) is 0.200. The van der Waals surface area contributed by atoms with Gasteiger partial charge in [-0.3, -0.25) is 4.79 Å². The molecule has 15 heavy (non-hydrogen) atoms. The van der Waals surface area contributed by atoms with Crippen molar-refractivity contribution in [3.05, 3.63) is 29.1 Å². The fourth-order valence-electron chi connectivity index (χ4n) is 0.915. The molecule has 0 radical (unpaired) electrons. The van der Waals surface area contributed by atoms with Gasteiger partial charge in [0, 0.05) is 0 Å². The van der Waals surface area contributed by atoms with Gasteiger partial charge in [-0.1, -0.05) is 17.7 Å². The zero-order valence-electron chi connectivity index (χ0n) is 8.11. The van der Waals surface area contributed by atoms with E-state index in [1.165, 1.54) is 25.3 Å². The summed E-state index contributed by atoms with van der Waals surface area (Å²) in [6.07, 6.45) is 3.19. The summed E-state index contributed by atoms with van der Waals surface area (Å²) >= 11 is 5.64. The van der Waals surface area contributed by atoms with Crippen molar-refractivity contribution < 1.29 is 14.6 Å². The lowest BCUT2D eigenvalue weighted by Gasteiger charge is -1.98. The summed E-state index contributed by atoms with van der Waals surface area (Å²) in [6, 6.07) is 2.92. The van der Waals surface area contributed by atoms with Crippen LogP contribution in [0.3, 0.4) is 0 Å². The Morgan fingerprint density at radius 1 is 1.67 bits per heavy atom. The molecule has 1 N–H and O–H groups in total. The quantitative estimate of drug-likeness (QED) is 0.634. The molecular weight excluding hydrogens is 218 g/mol. The standard InChI is InChI=1S/C10H10ClNO3/c1-15-10(14)4-2-3-7-8(13)5-6-9(11)12-7/h2-3,5-6,13H,4H2,1H3. The number of halogens is 1. The smallest absolute Gasteiger partial charge is 0.309 e. The summed E-state index contributed by atoms with van der Waals surface area (Å²) in [5, 5.41) is 9.65. The lowest BCUT2D eigenvalue weighted by molar-refractivity contribution is -0.139. The van der Waals surface area contributed by atoms with Gasteiger partial charge in [-0.25, -0.2) is 4.98 Å². The third kappa shape index (κ3) is 3.59. The van der Waals surface area contributed by atoms with E-state index in [1.54, 1.807) is 6.08 Å². The van der Waals surface area contributed by atoms with E-state index >= 15 is 0 Å². The molecular formula is C10H10ClNO3. The van der Waals surface area contributed by atoms with Gasteiger partial charge in [0.15, 0.2) is 0 Å². The molecule has 0 unspecified atom stereocenters. The molecule has 0 aliphatic heterocycles. The lowest BCUT2D eigenvalue weighted by atomic mass is 10.3. The minimum Gasteiger partial charge on any atom is -0.506 e. The summed E-state index contributed by atoms with van der Waals surface area (Å²) in [5.74, 6) is -0.340. The van der Waals surface area contributed by atoms with Crippen molar-refractivity contribution in [2.45, 2.75) is 6.42 Å². The number of hydrogen-bond acceptors (Lipinski definition) is 4. The normalized spacial score (nSPS) is 10.5. The van der Waals surface area contributed by atoms with E-state index in [0.717, 1.165) is 0 Å². The number of ether oxygens (including phenoxy) is 1. The minimum atomic E-state index is -0.354. The highest BCUT2D eigenvalue weighted by atomic mass is 35.5. The Morgan fingerprint density at radius 3 is 3.07 bits per heavy atom. The molecule has 0 aromatic carbocycles. The first-order valence-corrected chi connectivity index (χ1v) is 4.60. The van der Waals surface area contributed by atoms with Crippen LogP contribution in [0.15, 0.2) is 18.2 Å². The van der Waals surface area contributed by atoms with Gasteiger partial charge < -0.3 is 9.84 Å². The monoisotopic (exact) mass is 227 g/mol. The number of methoxy groups -OCH3 is 1. The van der Waals surface area contributed by atoms with Crippen LogP contribution < -0.4 is 0 Å². The molecule has 5 heteroatoms. The molecule has 0 bridgehead atoms. The first-order chi connectivity index (χ1) is 7.13. The maximum Gasteiger partial charge on any atom is 0.309 e. The van der Waals surface area contributed by atoms with Crippen molar-refractivity contribution in [1.29, 1.82) is 0 Å². The zero-order valence-corrected chi connectivity index (χ0v) is 8.86. The third-order valence-corrected chi connectivity index (χ3v) is 1.87. The second-order valence-electron chi connectivity index (χ2n) is 2.72. The molecule has 80 valence electrons. The highest BCUT2D eigenvalue weighted by molar-refractivity contribution is 6.29. The number of carbonyl (C=O) groups excluding carboxylic acids is 1. The zero-order chi connectivity index (χ0) is 11.3. The Balaban J connectivity index is 2.71. The van der Waals surface area contributed by atoms with Crippen LogP contribution in [-0.2, 0) is 9.53 Å². The number of pyridine rings is 1. The number of aromatic nitrogens is 1. The number of nitrogens with zero attached hydrogens (tertiary/aromatic N) is 1. The Morgan fingerprint density at radius 2 is 2.40 bits per heavy atom. The van der Waals surface area contributed by atoms with Crippen molar-refractivity contribution in [2.75, 3.05) is 7.11 Å². The van der Waals surface area contributed by atoms with Crippen LogP contribution in [-0.4, -0.2) is 23.2 Å². The third-order valence-electron chi connectivity index (χ3n) is 1.66. The van der Waals surface area contributed by atoms with Gasteiger partial charge in [-0.15, -0.1) is 0 Å². The van der Waals surface area contributed by atoms with Gasteiger partial charge in [0.25, 0.3) is 0 Å². The summed E-state index contributed by atoms with van der Waals surface area (Å²) in [4.78, 5) is 14.6. The van der Waals surface area contributed by atoms with Crippen LogP contribution in [0.4, 0.5) is 0 Å². The van der Waals surface area contributed by atoms with Gasteiger partial charge in [0.2, 0.25) is 0 Å². The molecule has 0 fully saturated rings. The molecule has 0 saturated carbocycles. The maximum absolute atomic E-state index is 10.8. The first kappa shape index (κ1) is 11.5. The number of rotatable bonds is 3. The SMILES string of the molecule is COC(=O)CC=Cc1nc(Cl)ccc1O. The Hall–Kier alpha value is -1.55. The number of carbonyl (C=O) groups is 1. The highest BCUT2D eigenvalue weighted by Crippen LogP contribution is 2.18. The van der Waals surface area contributed by atoms with Gasteiger partial charge in [-0.2, -0.15) is 0 Å². The van der Waals surface area contributed by atoms with Crippen LogP contribution in [0, 0.1) is 0 Å². The maximum atomic E-state index is 10.8. The predicted octanol–water partition coefficient (Wildman–Crippen LogP) is 2.02. The largest absolute Gasteiger partial charge is 0.506 e. The van der Waals surface area contributed by atoms with E-state index in [-0.39, 0.29) is 23.3 Å². The van der Waals surface area contributed by atoms with E-state index in [4.69, 9.17) is 11.6 Å². The van der Waals surface area contributed by atoms with E-state index in [9.17, 15) is 9.90 Å². The van der Waals surface area contributed by atoms with Gasteiger partial charge in [0.05, 0.1) is 13.5 Å². The first-order valence-electron chi connectivity index (χ1n) is 4.22. The topological polar surface area (TPSA) is 59.4 Å². The average Bonchev–Trinajstić information content (AvgIpc) is 2.23. The van der Waals surface area contributed by atoms with E-state index in [2.05, 4.69) is 9.72 Å². The highest BCUT2D eigenvalue weighted by Gasteiger charge is 2.00. The summed E-state index contributed by atoms with van der Waals surface area (Å²) < 4.78 is 4.44. The van der Waals surface area contributed by atoms with Crippen LogP contribution in [0.25, 0.3) is 6.08 Å². The molecule has 1 heterocycles. The predicted molar refractivity (Wildman–Crippen MR) is 56.6 cm³/mol. The van der Waals surface area contributed by atoms with Crippen LogP contribution in [0.5, 0.6) is 5.75 Å². The van der Waals surface area contributed by atoms with Crippen molar-refractivity contribution in [1.82, 2.24) is 4.98 Å². The van der Waals surface area contributed by atoms with E-state index in [0.29, 0.717) is 5.69 Å². The van der Waals surface area contributed by atoms with Crippen molar-refractivity contribution >= 4 is 23.6 Å². The van der Waals surface area contributed by atoms with Gasteiger partial charge >= 0.3 is 5.97 Å². The van der Waals surface area contributed by atoms with E-state index in [1.807, 2.05) is 0 Å². The molecule has 0 spiro atoms. The summed E-state index contributed by atoms with van der Waals surface area (Å²) in [5.41, 5.74) is 0.325. The average molecular weight is 228 g/mol. The Bertz CT molecular complexity index is 390. The number of esters is 1. The molecule has 0 saturated heterocycles.